The highest BCUT2D eigenvalue weighted by Crippen LogP contribution is 2.33. The van der Waals surface area contributed by atoms with Crippen LogP contribution in [-0.2, 0) is 0 Å². The quantitative estimate of drug-likeness (QED) is 0.514. The van der Waals surface area contributed by atoms with Gasteiger partial charge in [0.15, 0.2) is 5.82 Å². The molecule has 0 amide bonds. The Labute approximate surface area is 165 Å². The number of rotatable bonds is 6. The molecule has 0 aliphatic heterocycles. The Morgan fingerprint density at radius 1 is 1.11 bits per heavy atom. The number of aromatic nitrogens is 2. The lowest BCUT2D eigenvalue weighted by Crippen LogP contribution is -2.85. The number of fused-ring (bicyclic) bond motifs is 1. The highest BCUT2D eigenvalue weighted by atomic mass is 32.1. The number of nitrogens with one attached hydrogen (secondary N) is 1. The van der Waals surface area contributed by atoms with Gasteiger partial charge in [0, 0.05) is 21.7 Å². The minimum Gasteiger partial charge on any atom is -0.337 e. The maximum atomic E-state index is 12.7. The topological polar surface area (TPSA) is 62.4 Å². The first-order chi connectivity index (χ1) is 13.1. The number of nitrogens with zero attached hydrogens (tertiary/aromatic N) is 1. The summed E-state index contributed by atoms with van der Waals surface area (Å²) in [6.07, 6.45) is 0. The maximum absolute atomic E-state index is 12.7. The molecule has 3 aromatic heterocycles. The van der Waals surface area contributed by atoms with Gasteiger partial charge in [0.25, 0.3) is 5.56 Å². The lowest BCUT2D eigenvalue weighted by molar-refractivity contribution is -0.695. The second-order valence-corrected chi connectivity index (χ2v) is 8.64. The molecule has 0 saturated heterocycles. The second-order valence-electron chi connectivity index (χ2n) is 6.83. The number of thiophene rings is 2. The number of hydrogen-bond acceptors (Lipinski definition) is 4. The molecular formula is C21H22N3OS2+. The highest BCUT2D eigenvalue weighted by Gasteiger charge is 2.18. The number of quaternary nitrogens is 1. The van der Waals surface area contributed by atoms with Crippen LogP contribution in [0.25, 0.3) is 20.7 Å². The van der Waals surface area contributed by atoms with Crippen molar-refractivity contribution in [2.24, 2.45) is 0 Å². The first-order valence-electron chi connectivity index (χ1n) is 9.07. The van der Waals surface area contributed by atoms with Gasteiger partial charge in [-0.25, -0.2) is 4.98 Å². The van der Waals surface area contributed by atoms with Crippen LogP contribution in [-0.4, -0.2) is 16.5 Å². The van der Waals surface area contributed by atoms with Crippen molar-refractivity contribution in [3.05, 3.63) is 75.0 Å². The van der Waals surface area contributed by atoms with Crippen LogP contribution in [0.15, 0.2) is 58.0 Å². The van der Waals surface area contributed by atoms with E-state index in [1.807, 2.05) is 29.0 Å². The van der Waals surface area contributed by atoms with Gasteiger partial charge in [-0.2, -0.15) is 0 Å². The monoisotopic (exact) mass is 396 g/mol. The summed E-state index contributed by atoms with van der Waals surface area (Å²) in [5, 5.41) is 7.01. The summed E-state index contributed by atoms with van der Waals surface area (Å²) >= 11 is 3.18. The maximum Gasteiger partial charge on any atom is 0.260 e. The molecule has 6 heteroatoms. The molecule has 3 heterocycles. The van der Waals surface area contributed by atoms with Crippen LogP contribution in [0.1, 0.15) is 37.2 Å². The van der Waals surface area contributed by atoms with Crippen LogP contribution in [0.2, 0.25) is 0 Å². The van der Waals surface area contributed by atoms with Crippen LogP contribution in [0.3, 0.4) is 0 Å². The van der Waals surface area contributed by atoms with Gasteiger partial charge in [-0.05, 0) is 23.9 Å². The number of hydrogen-bond donors (Lipinski definition) is 2. The zero-order valence-corrected chi connectivity index (χ0v) is 16.9. The molecule has 0 unspecified atom stereocenters. The minimum atomic E-state index is -0.0454. The van der Waals surface area contributed by atoms with E-state index in [0.717, 1.165) is 27.6 Å². The Bertz CT molecular complexity index is 1080. The van der Waals surface area contributed by atoms with Crippen molar-refractivity contribution >= 4 is 32.9 Å². The molecular weight excluding hydrogens is 374 g/mol. The predicted molar refractivity (Wildman–Crippen MR) is 114 cm³/mol. The summed E-state index contributed by atoms with van der Waals surface area (Å²) in [6, 6.07) is 14.7. The first kappa shape index (κ1) is 18.1. The average Bonchev–Trinajstić information content (AvgIpc) is 3.36. The molecule has 0 aliphatic carbocycles. The molecule has 0 spiro atoms. The van der Waals surface area contributed by atoms with Crippen molar-refractivity contribution in [1.82, 2.24) is 9.97 Å². The molecule has 4 nitrogen and oxygen atoms in total. The summed E-state index contributed by atoms with van der Waals surface area (Å²) in [6.45, 7) is 5.26. The van der Waals surface area contributed by atoms with Crippen LogP contribution >= 0.6 is 22.7 Å². The van der Waals surface area contributed by atoms with E-state index in [0.29, 0.717) is 11.3 Å². The molecule has 0 radical (unpaired) electrons. The average molecular weight is 397 g/mol. The molecule has 4 aromatic rings. The van der Waals surface area contributed by atoms with E-state index in [-0.39, 0.29) is 11.6 Å². The van der Waals surface area contributed by atoms with E-state index in [1.165, 1.54) is 5.56 Å². The summed E-state index contributed by atoms with van der Waals surface area (Å²) < 4.78 is 0. The van der Waals surface area contributed by atoms with E-state index in [1.54, 1.807) is 22.7 Å². The van der Waals surface area contributed by atoms with Gasteiger partial charge in [0.05, 0.1) is 11.9 Å². The Morgan fingerprint density at radius 2 is 1.93 bits per heavy atom. The lowest BCUT2D eigenvalue weighted by Gasteiger charge is -2.14. The Morgan fingerprint density at radius 3 is 2.67 bits per heavy atom. The third-order valence-electron chi connectivity index (χ3n) is 4.89. The molecule has 138 valence electrons. The molecule has 3 N–H and O–H groups in total. The fraction of sp³-hybridized carbons (Fsp3) is 0.238. The largest absolute Gasteiger partial charge is 0.337 e. The summed E-state index contributed by atoms with van der Waals surface area (Å²) in [5.74, 6) is 1.18. The summed E-state index contributed by atoms with van der Waals surface area (Å²) in [4.78, 5) is 22.4. The molecule has 4 rings (SSSR count). The Hall–Kier alpha value is -2.28. The van der Waals surface area contributed by atoms with Crippen LogP contribution in [0, 0.1) is 0 Å². The Balaban J connectivity index is 1.54. The smallest absolute Gasteiger partial charge is 0.260 e. The fourth-order valence-electron chi connectivity index (χ4n) is 3.23. The summed E-state index contributed by atoms with van der Waals surface area (Å²) in [5.41, 5.74) is 2.27. The lowest BCUT2D eigenvalue weighted by atomic mass is 10.0. The number of H-pyrrole nitrogens is 1. The zero-order valence-electron chi connectivity index (χ0n) is 15.3. The zero-order chi connectivity index (χ0) is 18.8. The van der Waals surface area contributed by atoms with Gasteiger partial charge >= 0.3 is 0 Å². The van der Waals surface area contributed by atoms with Crippen molar-refractivity contribution in [2.45, 2.75) is 25.8 Å². The van der Waals surface area contributed by atoms with Gasteiger partial charge in [-0.3, -0.25) is 4.79 Å². The van der Waals surface area contributed by atoms with Gasteiger partial charge in [-0.1, -0.05) is 43.3 Å². The van der Waals surface area contributed by atoms with Crippen molar-refractivity contribution < 1.29 is 5.32 Å². The minimum absolute atomic E-state index is 0.0454. The van der Waals surface area contributed by atoms with Gasteiger partial charge in [0.1, 0.15) is 10.9 Å². The van der Waals surface area contributed by atoms with Gasteiger partial charge in [-0.15, -0.1) is 22.7 Å². The number of aromatic amines is 1. The molecule has 0 bridgehead atoms. The first-order valence-corrected chi connectivity index (χ1v) is 10.8. The third-order valence-corrected chi connectivity index (χ3v) is 6.67. The highest BCUT2D eigenvalue weighted by molar-refractivity contribution is 7.18. The molecule has 0 saturated carbocycles. The second kappa shape index (κ2) is 7.76. The van der Waals surface area contributed by atoms with E-state index >= 15 is 0 Å². The van der Waals surface area contributed by atoms with Crippen molar-refractivity contribution in [2.75, 3.05) is 6.54 Å². The molecule has 1 aromatic carbocycles. The molecule has 0 fully saturated rings. The normalized spacial score (nSPS) is 13.7. The standard InChI is InChI=1S/C21H21N3OS2/c1-13(15-7-4-3-5-8-15)11-22-14(2)19-23-20(25)18-16(12-27-21(18)24-19)17-9-6-10-26-17/h3-10,12-14,22H,11H2,1-2H3,(H,23,24,25)/p+1/t13-,14-/m0/s1. The van der Waals surface area contributed by atoms with Crippen molar-refractivity contribution in [1.29, 1.82) is 0 Å². The number of benzene rings is 1. The summed E-state index contributed by atoms with van der Waals surface area (Å²) in [7, 11) is 0. The number of nitrogens with two attached hydrogens (primary N) is 1. The van der Waals surface area contributed by atoms with E-state index < -0.39 is 0 Å². The van der Waals surface area contributed by atoms with Gasteiger partial charge < -0.3 is 10.3 Å². The predicted octanol–water partition coefficient (Wildman–Crippen LogP) is 4.14. The molecule has 27 heavy (non-hydrogen) atoms. The SMILES string of the molecule is C[C@H]([NH2+]C[C@H](C)c1ccccc1)c1nc2scc(-c3cccs3)c2c(=O)[nH]1. The van der Waals surface area contributed by atoms with Gasteiger partial charge in [0.2, 0.25) is 0 Å². The fourth-order valence-corrected chi connectivity index (χ4v) is 5.00. The van der Waals surface area contributed by atoms with Crippen molar-refractivity contribution in [3.8, 4) is 10.4 Å². The molecule has 2 atom stereocenters. The third kappa shape index (κ3) is 3.74. The Kier molecular flexibility index (Phi) is 5.20. The van der Waals surface area contributed by atoms with Crippen LogP contribution in [0.5, 0.6) is 0 Å². The van der Waals surface area contributed by atoms with Crippen molar-refractivity contribution in [3.63, 3.8) is 0 Å². The van der Waals surface area contributed by atoms with E-state index in [4.69, 9.17) is 4.98 Å². The van der Waals surface area contributed by atoms with E-state index in [2.05, 4.69) is 48.4 Å². The van der Waals surface area contributed by atoms with E-state index in [9.17, 15) is 4.79 Å². The van der Waals surface area contributed by atoms with Crippen LogP contribution in [0.4, 0.5) is 0 Å². The van der Waals surface area contributed by atoms with Crippen LogP contribution < -0.4 is 10.9 Å². The molecule has 0 aliphatic rings.